The summed E-state index contributed by atoms with van der Waals surface area (Å²) in [5.41, 5.74) is 6.31. The number of hydrogen-bond donors (Lipinski definition) is 6. The molecule has 0 aromatic heterocycles. The molecule has 1 aliphatic heterocycles. The second kappa shape index (κ2) is 21.1. The van der Waals surface area contributed by atoms with Gasteiger partial charge in [0.05, 0.1) is 0 Å². The predicted molar refractivity (Wildman–Crippen MR) is 183 cm³/mol. The third kappa shape index (κ3) is 15.7. The van der Waals surface area contributed by atoms with Crippen molar-refractivity contribution in [3.63, 3.8) is 0 Å². The summed E-state index contributed by atoms with van der Waals surface area (Å²) in [5.74, 6) is -1.90. The van der Waals surface area contributed by atoms with Crippen molar-refractivity contribution in [2.45, 2.75) is 91.3 Å². The molecule has 0 bridgehead atoms. The van der Waals surface area contributed by atoms with Gasteiger partial charge < -0.3 is 37.1 Å². The fourth-order valence-electron chi connectivity index (χ4n) is 4.79. The highest BCUT2D eigenvalue weighted by Gasteiger charge is 2.29. The van der Waals surface area contributed by atoms with E-state index in [2.05, 4.69) is 40.4 Å². The highest BCUT2D eigenvalue weighted by molar-refractivity contribution is 6.12. The lowest BCUT2D eigenvalue weighted by Crippen LogP contribution is -2.54. The van der Waals surface area contributed by atoms with Crippen molar-refractivity contribution in [2.24, 2.45) is 17.6 Å². The van der Waals surface area contributed by atoms with E-state index in [1.807, 2.05) is 0 Å². The molecular weight excluding hydrogens is 634 g/mol. The van der Waals surface area contributed by atoms with E-state index in [1.165, 1.54) is 12.2 Å². The maximum Gasteiger partial charge on any atom is 0.407 e. The molecule has 49 heavy (non-hydrogen) atoms. The quantitative estimate of drug-likeness (QED) is 0.0832. The number of ether oxygens (including phenoxy) is 1. The monoisotopic (exact) mass is 685 g/mol. The number of alkyl carbamates (subject to hydrolysis) is 1. The highest BCUT2D eigenvalue weighted by atomic mass is 16.5. The lowest BCUT2D eigenvalue weighted by atomic mass is 10.0. The van der Waals surface area contributed by atoms with Gasteiger partial charge in [0.25, 0.3) is 11.8 Å². The first kappa shape index (κ1) is 40.2. The molecule has 8 amide bonds. The van der Waals surface area contributed by atoms with E-state index >= 15 is 0 Å². The number of anilines is 1. The molecule has 0 unspecified atom stereocenters. The Labute approximate surface area is 287 Å². The molecule has 270 valence electrons. The van der Waals surface area contributed by atoms with Crippen LogP contribution in [0.3, 0.4) is 0 Å². The fourth-order valence-corrected chi connectivity index (χ4v) is 4.79. The summed E-state index contributed by atoms with van der Waals surface area (Å²) >= 11 is 0. The van der Waals surface area contributed by atoms with Gasteiger partial charge in [0.1, 0.15) is 18.7 Å². The van der Waals surface area contributed by atoms with E-state index in [0.29, 0.717) is 49.4 Å². The van der Waals surface area contributed by atoms with E-state index < -0.39 is 36.0 Å². The number of nitrogens with one attached hydrogen (secondary N) is 5. The molecule has 7 N–H and O–H groups in total. The van der Waals surface area contributed by atoms with Crippen molar-refractivity contribution >= 4 is 47.3 Å². The predicted octanol–water partition coefficient (Wildman–Crippen LogP) is 2.46. The molecule has 1 aromatic carbocycles. The minimum absolute atomic E-state index is 0.0495. The van der Waals surface area contributed by atoms with E-state index in [0.717, 1.165) is 11.3 Å². The lowest BCUT2D eigenvalue weighted by molar-refractivity contribution is -0.137. The zero-order chi connectivity index (χ0) is 36.3. The summed E-state index contributed by atoms with van der Waals surface area (Å²) in [5, 5.41) is 13.4. The lowest BCUT2D eigenvalue weighted by Gasteiger charge is -2.25. The Morgan fingerprint density at radius 3 is 2.08 bits per heavy atom. The number of imide groups is 1. The number of nitrogens with zero attached hydrogens (tertiary/aromatic N) is 1. The van der Waals surface area contributed by atoms with Crippen LogP contribution in [0.4, 0.5) is 15.3 Å². The van der Waals surface area contributed by atoms with Crippen molar-refractivity contribution in [1.82, 2.24) is 26.2 Å². The van der Waals surface area contributed by atoms with Crippen molar-refractivity contribution in [2.75, 3.05) is 25.0 Å². The van der Waals surface area contributed by atoms with Gasteiger partial charge in [-0.25, -0.2) is 9.59 Å². The Bertz CT molecular complexity index is 1310. The SMILES string of the molecule is CC(C)CCNC(=O)OCc1ccc(NC(=O)[C@H](CCCNC(N)=O)NC(=O)[C@@H](NC(=O)CCCCCN2C(=O)C=CC2=O)C(C)C)cc1. The standard InChI is InChI=1S/C34H51N7O8/c1-22(2)17-19-37-34(48)49-21-24-11-13-25(14-12-24)38-31(45)26(9-8-18-36-33(35)47)39-32(46)30(23(3)4)40-27(42)10-6-5-7-20-41-28(43)15-16-29(41)44/h11-16,22-23,26,30H,5-10,17-21H2,1-4H3,(H,37,48)(H,38,45)(H,39,46)(H,40,42)(H3,35,36,47)/t26-,30-/m0/s1. The molecule has 1 heterocycles. The summed E-state index contributed by atoms with van der Waals surface area (Å²) < 4.78 is 5.23. The van der Waals surface area contributed by atoms with Crippen molar-refractivity contribution in [3.05, 3.63) is 42.0 Å². The zero-order valence-corrected chi connectivity index (χ0v) is 28.8. The van der Waals surface area contributed by atoms with Crippen LogP contribution >= 0.6 is 0 Å². The van der Waals surface area contributed by atoms with Gasteiger partial charge in [0.15, 0.2) is 0 Å². The van der Waals surface area contributed by atoms with Crippen molar-refractivity contribution in [1.29, 1.82) is 0 Å². The Morgan fingerprint density at radius 1 is 0.796 bits per heavy atom. The normalized spacial score (nSPS) is 13.6. The first-order valence-electron chi connectivity index (χ1n) is 16.7. The molecule has 0 fully saturated rings. The van der Waals surface area contributed by atoms with Gasteiger partial charge in [-0.1, -0.05) is 46.2 Å². The highest BCUT2D eigenvalue weighted by Crippen LogP contribution is 2.13. The van der Waals surface area contributed by atoms with Crippen LogP contribution in [0.1, 0.15) is 78.2 Å². The molecule has 1 aliphatic rings. The van der Waals surface area contributed by atoms with E-state index in [4.69, 9.17) is 10.5 Å². The van der Waals surface area contributed by atoms with Crippen LogP contribution in [-0.4, -0.2) is 78.3 Å². The Kier molecular flexibility index (Phi) is 17.3. The van der Waals surface area contributed by atoms with Gasteiger partial charge >= 0.3 is 12.1 Å². The van der Waals surface area contributed by atoms with Crippen LogP contribution in [0, 0.1) is 11.8 Å². The number of rotatable bonds is 21. The number of hydrogen-bond acceptors (Lipinski definition) is 8. The number of carbonyl (C=O) groups excluding carboxylic acids is 7. The second-order valence-corrected chi connectivity index (χ2v) is 12.6. The largest absolute Gasteiger partial charge is 0.445 e. The number of unbranched alkanes of at least 4 members (excludes halogenated alkanes) is 2. The summed E-state index contributed by atoms with van der Waals surface area (Å²) in [7, 11) is 0. The van der Waals surface area contributed by atoms with Crippen molar-refractivity contribution < 1.29 is 38.3 Å². The third-order valence-electron chi connectivity index (χ3n) is 7.64. The number of nitrogens with two attached hydrogens (primary N) is 1. The molecule has 0 radical (unpaired) electrons. The molecule has 0 saturated heterocycles. The minimum atomic E-state index is -0.997. The first-order valence-corrected chi connectivity index (χ1v) is 16.7. The maximum absolute atomic E-state index is 13.4. The van der Waals surface area contributed by atoms with E-state index in [-0.39, 0.29) is 56.2 Å². The Morgan fingerprint density at radius 2 is 1.47 bits per heavy atom. The summed E-state index contributed by atoms with van der Waals surface area (Å²) in [4.78, 5) is 86.9. The van der Waals surface area contributed by atoms with Gasteiger partial charge in [-0.05, 0) is 61.6 Å². The molecular formula is C34H51N7O8. The molecule has 0 spiro atoms. The van der Waals surface area contributed by atoms with Crippen LogP contribution in [0.15, 0.2) is 36.4 Å². The molecule has 15 heteroatoms. The molecule has 0 aliphatic carbocycles. The average Bonchev–Trinajstić information content (AvgIpc) is 3.36. The number of amides is 8. The summed E-state index contributed by atoms with van der Waals surface area (Å²) in [6.45, 7) is 8.71. The third-order valence-corrected chi connectivity index (χ3v) is 7.64. The van der Waals surface area contributed by atoms with Crippen LogP contribution in [0.25, 0.3) is 0 Å². The number of primary amides is 1. The number of urea groups is 1. The van der Waals surface area contributed by atoms with E-state index in [9.17, 15) is 33.6 Å². The fraction of sp³-hybridized carbons (Fsp3) is 0.559. The molecule has 2 rings (SSSR count). The average molecular weight is 686 g/mol. The molecule has 15 nitrogen and oxygen atoms in total. The zero-order valence-electron chi connectivity index (χ0n) is 28.8. The van der Waals surface area contributed by atoms with E-state index in [1.54, 1.807) is 38.1 Å². The van der Waals surface area contributed by atoms with Gasteiger partial charge in [-0.2, -0.15) is 0 Å². The van der Waals surface area contributed by atoms with Gasteiger partial charge in [-0.3, -0.25) is 28.9 Å². The van der Waals surface area contributed by atoms with Crippen molar-refractivity contribution in [3.8, 4) is 0 Å². The minimum Gasteiger partial charge on any atom is -0.445 e. The van der Waals surface area contributed by atoms with Gasteiger partial charge in [-0.15, -0.1) is 0 Å². The first-order chi connectivity index (χ1) is 23.3. The number of benzene rings is 1. The van der Waals surface area contributed by atoms with Gasteiger partial charge in [0.2, 0.25) is 17.7 Å². The van der Waals surface area contributed by atoms with Crippen LogP contribution in [0.5, 0.6) is 0 Å². The molecule has 1 aromatic rings. The van der Waals surface area contributed by atoms with Crippen LogP contribution in [-0.2, 0) is 35.3 Å². The maximum atomic E-state index is 13.4. The Hall–Kier alpha value is -4.95. The summed E-state index contributed by atoms with van der Waals surface area (Å²) in [6.07, 6.45) is 5.09. The molecule has 2 atom stereocenters. The smallest absolute Gasteiger partial charge is 0.407 e. The van der Waals surface area contributed by atoms with Crippen LogP contribution < -0.4 is 32.3 Å². The number of carbonyl (C=O) groups is 7. The molecule has 0 saturated carbocycles. The Balaban J connectivity index is 1.92. The second-order valence-electron chi connectivity index (χ2n) is 12.6. The van der Waals surface area contributed by atoms with Crippen LogP contribution in [0.2, 0.25) is 0 Å². The summed E-state index contributed by atoms with van der Waals surface area (Å²) in [6, 6.07) is 4.08. The topological polar surface area (TPSA) is 218 Å². The van der Waals surface area contributed by atoms with Gasteiger partial charge in [0, 0.05) is 43.9 Å².